The van der Waals surface area contributed by atoms with Crippen LogP contribution in [0.15, 0.2) is 77.8 Å². The second-order valence-corrected chi connectivity index (χ2v) is 9.64. The van der Waals surface area contributed by atoms with Gasteiger partial charge in [0.1, 0.15) is 5.82 Å². The van der Waals surface area contributed by atoms with E-state index in [0.717, 1.165) is 34.7 Å². The van der Waals surface area contributed by atoms with E-state index < -0.39 is 15.8 Å². The molecule has 6 nitrogen and oxygen atoms in total. The lowest BCUT2D eigenvalue weighted by Crippen LogP contribution is -2.26. The van der Waals surface area contributed by atoms with E-state index in [4.69, 9.17) is 11.6 Å². The minimum Gasteiger partial charge on any atom is -0.361 e. The molecule has 0 radical (unpaired) electrons. The fourth-order valence-electron chi connectivity index (χ4n) is 3.43. The van der Waals surface area contributed by atoms with Crippen LogP contribution >= 0.6 is 11.6 Å². The molecule has 1 heterocycles. The van der Waals surface area contributed by atoms with E-state index in [2.05, 4.69) is 15.0 Å². The number of hydrogen-bond acceptors (Lipinski definition) is 3. The molecular weight excluding hydrogens is 465 g/mol. The molecule has 4 aromatic rings. The molecule has 0 unspecified atom stereocenters. The Morgan fingerprint density at radius 3 is 2.55 bits per heavy atom. The second-order valence-electron chi connectivity index (χ2n) is 7.46. The Kier molecular flexibility index (Phi) is 6.78. The van der Waals surface area contributed by atoms with Gasteiger partial charge in [0.2, 0.25) is 10.0 Å². The van der Waals surface area contributed by atoms with Gasteiger partial charge in [0.05, 0.1) is 9.92 Å². The van der Waals surface area contributed by atoms with Gasteiger partial charge in [0.15, 0.2) is 0 Å². The predicted octanol–water partition coefficient (Wildman–Crippen LogP) is 4.41. The molecule has 3 N–H and O–H groups in total. The van der Waals surface area contributed by atoms with E-state index in [9.17, 15) is 17.6 Å². The third-order valence-corrected chi connectivity index (χ3v) is 6.93. The Morgan fingerprint density at radius 2 is 1.79 bits per heavy atom. The van der Waals surface area contributed by atoms with Crippen LogP contribution in [-0.2, 0) is 23.0 Å². The van der Waals surface area contributed by atoms with Crippen LogP contribution in [0.2, 0.25) is 5.02 Å². The monoisotopic (exact) mass is 485 g/mol. The summed E-state index contributed by atoms with van der Waals surface area (Å²) in [6.07, 6.45) is 2.65. The van der Waals surface area contributed by atoms with Crippen LogP contribution < -0.4 is 10.0 Å². The van der Waals surface area contributed by atoms with Crippen molar-refractivity contribution in [1.29, 1.82) is 0 Å². The summed E-state index contributed by atoms with van der Waals surface area (Å²) in [5.41, 5.74) is 3.34. The zero-order valence-corrected chi connectivity index (χ0v) is 19.0. The summed E-state index contributed by atoms with van der Waals surface area (Å²) in [7, 11) is -3.86. The zero-order chi connectivity index (χ0) is 23.4. The maximum absolute atomic E-state index is 13.3. The van der Waals surface area contributed by atoms with Crippen LogP contribution in [0.3, 0.4) is 0 Å². The van der Waals surface area contributed by atoms with Crippen LogP contribution in [0, 0.1) is 5.82 Å². The maximum atomic E-state index is 13.3. The number of halogens is 2. The Bertz CT molecular complexity index is 1400. The van der Waals surface area contributed by atoms with Crippen LogP contribution in [-0.4, -0.2) is 25.9 Å². The van der Waals surface area contributed by atoms with Crippen molar-refractivity contribution in [2.24, 2.45) is 0 Å². The van der Waals surface area contributed by atoms with Gasteiger partial charge in [-0.1, -0.05) is 41.9 Å². The largest absolute Gasteiger partial charge is 0.361 e. The van der Waals surface area contributed by atoms with E-state index in [-0.39, 0.29) is 22.4 Å². The van der Waals surface area contributed by atoms with Gasteiger partial charge < -0.3 is 10.3 Å². The number of hydrogen-bond donors (Lipinski definition) is 3. The summed E-state index contributed by atoms with van der Waals surface area (Å²) in [5, 5.41) is 3.78. The summed E-state index contributed by atoms with van der Waals surface area (Å²) in [5.74, 6) is -0.895. The van der Waals surface area contributed by atoms with Gasteiger partial charge >= 0.3 is 0 Å². The van der Waals surface area contributed by atoms with Gasteiger partial charge in [-0.05, 0) is 53.9 Å². The van der Waals surface area contributed by atoms with Crippen molar-refractivity contribution in [2.75, 3.05) is 6.54 Å². The van der Waals surface area contributed by atoms with E-state index in [1.165, 1.54) is 0 Å². The smallest absolute Gasteiger partial charge is 0.251 e. The maximum Gasteiger partial charge on any atom is 0.251 e. The normalized spacial score (nSPS) is 11.6. The molecule has 0 saturated carbocycles. The number of sulfonamides is 1. The van der Waals surface area contributed by atoms with Crippen molar-refractivity contribution in [3.05, 3.63) is 100 Å². The van der Waals surface area contributed by atoms with Gasteiger partial charge in [0.25, 0.3) is 5.91 Å². The van der Waals surface area contributed by atoms with Crippen molar-refractivity contribution in [2.45, 2.75) is 17.9 Å². The molecule has 3 aromatic carbocycles. The molecule has 1 aromatic heterocycles. The first-order valence-electron chi connectivity index (χ1n) is 10.2. The minimum absolute atomic E-state index is 0.0137. The first kappa shape index (κ1) is 23.0. The number of nitrogens with one attached hydrogen (secondary N) is 3. The van der Waals surface area contributed by atoms with Gasteiger partial charge in [-0.15, -0.1) is 0 Å². The summed E-state index contributed by atoms with van der Waals surface area (Å²) < 4.78 is 40.5. The van der Waals surface area contributed by atoms with E-state index in [1.54, 1.807) is 24.3 Å². The fraction of sp³-hybridized carbons (Fsp3) is 0.125. The third kappa shape index (κ3) is 5.42. The lowest BCUT2D eigenvalue weighted by molar-refractivity contribution is 0.0954. The topological polar surface area (TPSA) is 91.1 Å². The van der Waals surface area contributed by atoms with E-state index in [0.29, 0.717) is 24.1 Å². The molecule has 9 heteroatoms. The van der Waals surface area contributed by atoms with Crippen molar-refractivity contribution < 1.29 is 17.6 Å². The second kappa shape index (κ2) is 9.74. The van der Waals surface area contributed by atoms with Crippen molar-refractivity contribution in [1.82, 2.24) is 15.0 Å². The number of amides is 1. The van der Waals surface area contributed by atoms with Gasteiger partial charge in [-0.25, -0.2) is 17.5 Å². The Labute approximate surface area is 195 Å². The van der Waals surface area contributed by atoms with E-state index in [1.807, 2.05) is 30.5 Å². The molecule has 0 fully saturated rings. The number of benzene rings is 3. The highest BCUT2D eigenvalue weighted by atomic mass is 35.5. The highest BCUT2D eigenvalue weighted by molar-refractivity contribution is 7.89. The molecular formula is C24H21ClFN3O3S. The lowest BCUT2D eigenvalue weighted by atomic mass is 10.1. The summed E-state index contributed by atoms with van der Waals surface area (Å²) in [6, 6.07) is 17.8. The highest BCUT2D eigenvalue weighted by Crippen LogP contribution is 2.20. The zero-order valence-electron chi connectivity index (χ0n) is 17.4. The first-order chi connectivity index (χ1) is 15.8. The number of aromatic amines is 1. The first-order valence-corrected chi connectivity index (χ1v) is 12.1. The quantitative estimate of drug-likeness (QED) is 0.345. The van der Waals surface area contributed by atoms with Crippen LogP contribution in [0.4, 0.5) is 4.39 Å². The number of aromatic nitrogens is 1. The lowest BCUT2D eigenvalue weighted by Gasteiger charge is -2.09. The molecule has 0 bridgehead atoms. The summed E-state index contributed by atoms with van der Waals surface area (Å²) >= 11 is 5.67. The summed E-state index contributed by atoms with van der Waals surface area (Å²) in [6.45, 7) is 0.502. The van der Waals surface area contributed by atoms with Crippen LogP contribution in [0.25, 0.3) is 10.9 Å². The Hall–Kier alpha value is -3.20. The molecule has 1 amide bonds. The van der Waals surface area contributed by atoms with Crippen molar-refractivity contribution in [3.63, 3.8) is 0 Å². The number of H-pyrrole nitrogens is 1. The van der Waals surface area contributed by atoms with Gasteiger partial charge in [-0.2, -0.15) is 0 Å². The van der Waals surface area contributed by atoms with Crippen LogP contribution in [0.1, 0.15) is 21.5 Å². The molecule has 0 aliphatic heterocycles. The number of carbonyl (C=O) groups is 1. The number of carbonyl (C=O) groups excluding carboxylic acids is 1. The molecule has 4 rings (SSSR count). The standard InChI is InChI=1S/C24H21ClFN3O3S/c25-21-13-19(9-10-22(21)26)33(31,32)29-14-16-5-7-17(8-6-16)24(30)27-12-11-18-15-28-23-4-2-1-3-20(18)23/h1-10,13,15,28-29H,11-12,14H2,(H,27,30). The predicted molar refractivity (Wildman–Crippen MR) is 126 cm³/mol. The third-order valence-electron chi connectivity index (χ3n) is 5.24. The van der Waals surface area contributed by atoms with Crippen LogP contribution in [0.5, 0.6) is 0 Å². The SMILES string of the molecule is O=C(NCCc1c[nH]c2ccccc12)c1ccc(CNS(=O)(=O)c2ccc(F)c(Cl)c2)cc1. The number of para-hydroxylation sites is 1. The molecule has 0 aliphatic rings. The highest BCUT2D eigenvalue weighted by Gasteiger charge is 2.16. The molecule has 0 aliphatic carbocycles. The Balaban J connectivity index is 1.31. The summed E-state index contributed by atoms with van der Waals surface area (Å²) in [4.78, 5) is 15.5. The number of fused-ring (bicyclic) bond motifs is 1. The van der Waals surface area contributed by atoms with Crippen molar-refractivity contribution >= 4 is 38.4 Å². The molecule has 0 atom stereocenters. The average Bonchev–Trinajstić information content (AvgIpc) is 3.23. The minimum atomic E-state index is -3.86. The average molecular weight is 486 g/mol. The molecule has 0 spiro atoms. The van der Waals surface area contributed by atoms with Gasteiger partial charge in [0, 0.05) is 35.8 Å². The molecule has 33 heavy (non-hydrogen) atoms. The number of rotatable bonds is 8. The molecule has 0 saturated heterocycles. The molecule has 170 valence electrons. The van der Waals surface area contributed by atoms with Gasteiger partial charge in [-0.3, -0.25) is 4.79 Å². The van der Waals surface area contributed by atoms with E-state index >= 15 is 0 Å². The van der Waals surface area contributed by atoms with Crippen molar-refractivity contribution in [3.8, 4) is 0 Å². The fourth-order valence-corrected chi connectivity index (χ4v) is 4.72. The Morgan fingerprint density at radius 1 is 1.03 bits per heavy atom.